The smallest absolute Gasteiger partial charge is 0.270 e. The van der Waals surface area contributed by atoms with Gasteiger partial charge in [0.2, 0.25) is 0 Å². The minimum absolute atomic E-state index is 0.226. The van der Waals surface area contributed by atoms with Crippen molar-refractivity contribution in [3.8, 4) is 17.2 Å². The average Bonchev–Trinajstić information content (AvgIpc) is 2.94. The molecule has 2 aromatic carbocycles. The number of hydrogen-bond acceptors (Lipinski definition) is 6. The lowest BCUT2D eigenvalue weighted by atomic mass is 10.1. The molecule has 0 aromatic heterocycles. The number of halogens is 1. The molecule has 0 unspecified atom stereocenters. The van der Waals surface area contributed by atoms with Crippen LogP contribution >= 0.6 is 35.6 Å². The van der Waals surface area contributed by atoms with E-state index in [4.69, 9.17) is 38.0 Å². The Morgan fingerprint density at radius 2 is 1.81 bits per heavy atom. The van der Waals surface area contributed by atoms with Gasteiger partial charge in [-0.25, -0.2) is 0 Å². The minimum atomic E-state index is -0.226. The normalized spacial score (nSPS) is 15.4. The fourth-order valence-corrected chi connectivity index (χ4v) is 4.19. The van der Waals surface area contributed by atoms with Crippen LogP contribution in [0.2, 0.25) is 5.02 Å². The number of benzene rings is 2. The van der Waals surface area contributed by atoms with Crippen LogP contribution in [-0.2, 0) is 4.79 Å². The third-order valence-corrected chi connectivity index (χ3v) is 5.50. The molecule has 27 heavy (non-hydrogen) atoms. The number of thiocarbonyl (C=S) groups is 1. The number of nitrogens with zero attached hydrogens (tertiary/aromatic N) is 1. The lowest BCUT2D eigenvalue weighted by Gasteiger charge is -2.15. The zero-order valence-corrected chi connectivity index (χ0v) is 17.2. The summed E-state index contributed by atoms with van der Waals surface area (Å²) in [5.41, 5.74) is 1.31. The van der Waals surface area contributed by atoms with E-state index in [0.29, 0.717) is 37.2 Å². The molecule has 1 saturated heterocycles. The van der Waals surface area contributed by atoms with Gasteiger partial charge in [0.05, 0.1) is 36.9 Å². The molecule has 1 heterocycles. The Morgan fingerprint density at radius 1 is 1.07 bits per heavy atom. The van der Waals surface area contributed by atoms with E-state index in [0.717, 1.165) is 5.56 Å². The van der Waals surface area contributed by atoms with Crippen LogP contribution in [0.25, 0.3) is 6.08 Å². The first kappa shape index (κ1) is 19.5. The topological polar surface area (TPSA) is 48.0 Å². The maximum Gasteiger partial charge on any atom is 0.270 e. The average molecular weight is 422 g/mol. The van der Waals surface area contributed by atoms with Gasteiger partial charge in [-0.1, -0.05) is 47.7 Å². The highest BCUT2D eigenvalue weighted by molar-refractivity contribution is 8.27. The second kappa shape index (κ2) is 8.21. The Morgan fingerprint density at radius 3 is 2.44 bits per heavy atom. The van der Waals surface area contributed by atoms with Crippen molar-refractivity contribution in [2.45, 2.75) is 0 Å². The van der Waals surface area contributed by atoms with Crippen LogP contribution in [0, 0.1) is 0 Å². The Balaban J connectivity index is 1.97. The Bertz CT molecular complexity index is 945. The van der Waals surface area contributed by atoms with E-state index < -0.39 is 0 Å². The molecule has 0 spiro atoms. The van der Waals surface area contributed by atoms with E-state index in [2.05, 4.69) is 0 Å². The van der Waals surface area contributed by atoms with Crippen molar-refractivity contribution in [1.29, 1.82) is 0 Å². The molecule has 1 aliphatic heterocycles. The highest BCUT2D eigenvalue weighted by Gasteiger charge is 2.34. The highest BCUT2D eigenvalue weighted by atomic mass is 35.5. The summed E-state index contributed by atoms with van der Waals surface area (Å²) >= 11 is 12.8. The third kappa shape index (κ3) is 3.76. The standard InChI is InChI=1S/C19H16ClNO4S2/c1-23-14-8-7-12(10-13(14)20)21-18(22)16(27-19(21)26)9-11-5-4-6-15(24-2)17(11)25-3/h4-10H,1-3H3/b16-9+. The maximum atomic E-state index is 12.9. The van der Waals surface area contributed by atoms with Gasteiger partial charge >= 0.3 is 0 Å². The number of para-hydroxylation sites is 1. The first-order valence-electron chi connectivity index (χ1n) is 7.82. The molecule has 1 fully saturated rings. The van der Waals surface area contributed by atoms with E-state index in [1.165, 1.54) is 23.8 Å². The van der Waals surface area contributed by atoms with Crippen molar-refractivity contribution in [2.24, 2.45) is 0 Å². The molecule has 0 radical (unpaired) electrons. The van der Waals surface area contributed by atoms with Crippen LogP contribution in [0.4, 0.5) is 5.69 Å². The monoisotopic (exact) mass is 421 g/mol. The van der Waals surface area contributed by atoms with Gasteiger partial charge in [-0.3, -0.25) is 9.69 Å². The summed E-state index contributed by atoms with van der Waals surface area (Å²) in [5.74, 6) is 1.44. The summed E-state index contributed by atoms with van der Waals surface area (Å²) < 4.78 is 16.3. The molecule has 0 N–H and O–H groups in total. The predicted octanol–water partition coefficient (Wildman–Crippen LogP) is 4.77. The number of amides is 1. The molecule has 3 rings (SSSR count). The van der Waals surface area contributed by atoms with Gasteiger partial charge in [0.15, 0.2) is 15.8 Å². The summed E-state index contributed by atoms with van der Waals surface area (Å²) in [7, 11) is 4.65. The van der Waals surface area contributed by atoms with Crippen LogP contribution in [-0.4, -0.2) is 31.6 Å². The van der Waals surface area contributed by atoms with Crippen LogP contribution < -0.4 is 19.1 Å². The molecule has 0 saturated carbocycles. The van der Waals surface area contributed by atoms with E-state index in [1.54, 1.807) is 44.6 Å². The first-order valence-corrected chi connectivity index (χ1v) is 9.43. The summed E-state index contributed by atoms with van der Waals surface area (Å²) in [6.45, 7) is 0. The summed E-state index contributed by atoms with van der Waals surface area (Å²) in [4.78, 5) is 14.9. The molecule has 0 atom stereocenters. The molecular weight excluding hydrogens is 406 g/mol. The van der Waals surface area contributed by atoms with Crippen molar-refractivity contribution < 1.29 is 19.0 Å². The molecule has 2 aromatic rings. The molecule has 140 valence electrons. The van der Waals surface area contributed by atoms with Gasteiger partial charge in [0, 0.05) is 5.56 Å². The molecule has 1 amide bonds. The molecule has 0 bridgehead atoms. The second-order valence-corrected chi connectivity index (χ2v) is 7.50. The number of carbonyl (C=O) groups excluding carboxylic acids is 1. The number of carbonyl (C=O) groups is 1. The minimum Gasteiger partial charge on any atom is -0.495 e. The molecule has 0 aliphatic carbocycles. The van der Waals surface area contributed by atoms with E-state index in [-0.39, 0.29) is 5.91 Å². The number of methoxy groups -OCH3 is 3. The molecule has 8 heteroatoms. The van der Waals surface area contributed by atoms with Crippen LogP contribution in [0.3, 0.4) is 0 Å². The number of rotatable bonds is 5. The Labute approximate surface area is 171 Å². The number of ether oxygens (including phenoxy) is 3. The lowest BCUT2D eigenvalue weighted by molar-refractivity contribution is -0.113. The summed E-state index contributed by atoms with van der Waals surface area (Å²) in [6.07, 6.45) is 1.74. The molecular formula is C19H16ClNO4S2. The van der Waals surface area contributed by atoms with Gasteiger partial charge in [-0.05, 0) is 30.3 Å². The number of thioether (sulfide) groups is 1. The van der Waals surface area contributed by atoms with Crippen molar-refractivity contribution in [3.63, 3.8) is 0 Å². The molecule has 5 nitrogen and oxygen atoms in total. The van der Waals surface area contributed by atoms with E-state index in [9.17, 15) is 4.79 Å². The lowest BCUT2D eigenvalue weighted by Crippen LogP contribution is -2.27. The van der Waals surface area contributed by atoms with E-state index in [1.807, 2.05) is 12.1 Å². The maximum absolute atomic E-state index is 12.9. The SMILES string of the molecule is COc1ccc(N2C(=O)/C(=C\c3cccc(OC)c3OC)SC2=S)cc1Cl. The molecule has 1 aliphatic rings. The van der Waals surface area contributed by atoms with Crippen LogP contribution in [0.1, 0.15) is 5.56 Å². The van der Waals surface area contributed by atoms with Gasteiger partial charge in [0.25, 0.3) is 5.91 Å². The quantitative estimate of drug-likeness (QED) is 0.512. The van der Waals surface area contributed by atoms with Crippen molar-refractivity contribution >= 4 is 57.6 Å². The van der Waals surface area contributed by atoms with Crippen molar-refractivity contribution in [3.05, 3.63) is 51.9 Å². The van der Waals surface area contributed by atoms with Gasteiger partial charge in [0.1, 0.15) is 5.75 Å². The third-order valence-electron chi connectivity index (χ3n) is 3.91. The second-order valence-electron chi connectivity index (χ2n) is 5.42. The number of hydrogen-bond donors (Lipinski definition) is 0. The largest absolute Gasteiger partial charge is 0.495 e. The van der Waals surface area contributed by atoms with Gasteiger partial charge in [-0.15, -0.1) is 0 Å². The predicted molar refractivity (Wildman–Crippen MR) is 113 cm³/mol. The number of anilines is 1. The first-order chi connectivity index (χ1) is 13.0. The zero-order valence-electron chi connectivity index (χ0n) is 14.8. The fraction of sp³-hybridized carbons (Fsp3) is 0.158. The van der Waals surface area contributed by atoms with Crippen molar-refractivity contribution in [2.75, 3.05) is 26.2 Å². The summed E-state index contributed by atoms with van der Waals surface area (Å²) in [5, 5.41) is 0.405. The summed E-state index contributed by atoms with van der Waals surface area (Å²) in [6, 6.07) is 10.6. The Kier molecular flexibility index (Phi) is 5.94. The van der Waals surface area contributed by atoms with Gasteiger partial charge < -0.3 is 14.2 Å². The van der Waals surface area contributed by atoms with E-state index >= 15 is 0 Å². The fourth-order valence-electron chi connectivity index (χ4n) is 2.65. The Hall–Kier alpha value is -2.22. The van der Waals surface area contributed by atoms with Crippen LogP contribution in [0.5, 0.6) is 17.2 Å². The van der Waals surface area contributed by atoms with Gasteiger partial charge in [-0.2, -0.15) is 0 Å². The zero-order chi connectivity index (χ0) is 19.6. The van der Waals surface area contributed by atoms with Crippen LogP contribution in [0.15, 0.2) is 41.3 Å². The highest BCUT2D eigenvalue weighted by Crippen LogP contribution is 2.40. The van der Waals surface area contributed by atoms with Crippen molar-refractivity contribution in [1.82, 2.24) is 0 Å².